The molecule has 7 heteroatoms. The van der Waals surface area contributed by atoms with E-state index < -0.39 is 10.0 Å². The van der Waals surface area contributed by atoms with Crippen molar-refractivity contribution in [1.82, 2.24) is 4.90 Å². The maximum atomic E-state index is 12.8. The van der Waals surface area contributed by atoms with Gasteiger partial charge in [0.05, 0.1) is 21.3 Å². The normalized spacial score (nSPS) is 15.9. The van der Waals surface area contributed by atoms with Crippen LogP contribution >= 0.6 is 11.6 Å². The molecule has 3 rings (SSSR count). The van der Waals surface area contributed by atoms with Crippen molar-refractivity contribution in [2.24, 2.45) is 0 Å². The number of likely N-dealkylation sites (N-methyl/N-ethyl adjacent to an activating group) is 1. The molecule has 1 N–H and O–H groups in total. The molecule has 0 saturated carbocycles. The highest BCUT2D eigenvalue weighted by Crippen LogP contribution is 2.35. The van der Waals surface area contributed by atoms with E-state index in [0.29, 0.717) is 10.7 Å². The van der Waals surface area contributed by atoms with E-state index in [-0.39, 0.29) is 4.90 Å². The van der Waals surface area contributed by atoms with Crippen molar-refractivity contribution in [3.63, 3.8) is 0 Å². The molecule has 1 saturated heterocycles. The molecule has 0 atom stereocenters. The minimum Gasteiger partial charge on any atom is -0.366 e. The van der Waals surface area contributed by atoms with Gasteiger partial charge in [0.25, 0.3) is 10.0 Å². The van der Waals surface area contributed by atoms with Crippen LogP contribution in [0.4, 0.5) is 11.4 Å². The summed E-state index contributed by atoms with van der Waals surface area (Å²) in [5, 5.41) is 0.555. The first-order valence-corrected chi connectivity index (χ1v) is 10.6. The van der Waals surface area contributed by atoms with Gasteiger partial charge in [-0.25, -0.2) is 8.42 Å². The average molecular weight is 394 g/mol. The van der Waals surface area contributed by atoms with Gasteiger partial charge >= 0.3 is 0 Å². The lowest BCUT2D eigenvalue weighted by Crippen LogP contribution is -2.46. The average Bonchev–Trinajstić information content (AvgIpc) is 2.62. The summed E-state index contributed by atoms with van der Waals surface area (Å²) < 4.78 is 28.3. The summed E-state index contributed by atoms with van der Waals surface area (Å²) in [4.78, 5) is 4.76. The zero-order chi connectivity index (χ0) is 18.7. The Morgan fingerprint density at radius 2 is 1.69 bits per heavy atom. The van der Waals surface area contributed by atoms with Crippen LogP contribution in [0.5, 0.6) is 0 Å². The lowest BCUT2D eigenvalue weighted by atomic mass is 10.2. The molecular formula is C19H24ClN3O2S. The Bertz CT molecular complexity index is 861. The first-order chi connectivity index (χ1) is 12.4. The van der Waals surface area contributed by atoms with E-state index in [1.165, 1.54) is 0 Å². The van der Waals surface area contributed by atoms with Gasteiger partial charge in [-0.3, -0.25) is 4.72 Å². The Hall–Kier alpha value is -1.76. The summed E-state index contributed by atoms with van der Waals surface area (Å²) in [6.45, 7) is 8.59. The minimum atomic E-state index is -3.67. The van der Waals surface area contributed by atoms with E-state index in [9.17, 15) is 8.42 Å². The van der Waals surface area contributed by atoms with Gasteiger partial charge in [-0.2, -0.15) is 0 Å². The topological polar surface area (TPSA) is 52.6 Å². The standard InChI is InChI=1S/C19H24ClN3O2S/c1-3-22-11-13-23(14-12-22)19-17(20)5-4-6-18(19)21-26(24,25)16-9-7-15(2)8-10-16/h4-10,21H,3,11-14H2,1-2H3. The van der Waals surface area contributed by atoms with Gasteiger partial charge < -0.3 is 9.80 Å². The number of anilines is 2. The quantitative estimate of drug-likeness (QED) is 0.843. The molecule has 0 amide bonds. The highest BCUT2D eigenvalue weighted by Gasteiger charge is 2.23. The first kappa shape index (κ1) is 19.0. The van der Waals surface area contributed by atoms with E-state index >= 15 is 0 Å². The second-order valence-electron chi connectivity index (χ2n) is 6.48. The predicted octanol–water partition coefficient (Wildman–Crippen LogP) is 3.59. The number of benzene rings is 2. The lowest BCUT2D eigenvalue weighted by Gasteiger charge is -2.36. The number of hydrogen-bond donors (Lipinski definition) is 1. The van der Waals surface area contributed by atoms with E-state index in [0.717, 1.165) is 44.0 Å². The van der Waals surface area contributed by atoms with Crippen LogP contribution in [-0.2, 0) is 10.0 Å². The molecule has 5 nitrogen and oxygen atoms in total. The van der Waals surface area contributed by atoms with Crippen molar-refractivity contribution in [2.75, 3.05) is 42.3 Å². The molecule has 0 aliphatic carbocycles. The molecule has 0 spiro atoms. The van der Waals surface area contributed by atoms with Crippen LogP contribution < -0.4 is 9.62 Å². The van der Waals surface area contributed by atoms with Crippen LogP contribution in [0.25, 0.3) is 0 Å². The number of nitrogens with zero attached hydrogens (tertiary/aromatic N) is 2. The highest BCUT2D eigenvalue weighted by molar-refractivity contribution is 7.92. The Labute approximate surface area is 160 Å². The fourth-order valence-corrected chi connectivity index (χ4v) is 4.49. The molecule has 26 heavy (non-hydrogen) atoms. The van der Waals surface area contributed by atoms with Gasteiger partial charge in [0, 0.05) is 26.2 Å². The smallest absolute Gasteiger partial charge is 0.261 e. The number of aryl methyl sites for hydroxylation is 1. The predicted molar refractivity (Wildman–Crippen MR) is 108 cm³/mol. The highest BCUT2D eigenvalue weighted by atomic mass is 35.5. The molecular weight excluding hydrogens is 370 g/mol. The Morgan fingerprint density at radius 3 is 2.31 bits per heavy atom. The Kier molecular flexibility index (Phi) is 5.75. The summed E-state index contributed by atoms with van der Waals surface area (Å²) in [5.74, 6) is 0. The molecule has 0 radical (unpaired) electrons. The van der Waals surface area contributed by atoms with Crippen molar-refractivity contribution in [2.45, 2.75) is 18.7 Å². The molecule has 0 unspecified atom stereocenters. The van der Waals surface area contributed by atoms with E-state index in [1.807, 2.05) is 6.92 Å². The lowest BCUT2D eigenvalue weighted by molar-refractivity contribution is 0.271. The maximum absolute atomic E-state index is 12.8. The zero-order valence-electron chi connectivity index (χ0n) is 15.1. The SMILES string of the molecule is CCN1CCN(c2c(Cl)cccc2NS(=O)(=O)c2ccc(C)cc2)CC1. The van der Waals surface area contributed by atoms with Crippen LogP contribution in [0.2, 0.25) is 5.02 Å². The molecule has 2 aromatic rings. The van der Waals surface area contributed by atoms with Gasteiger partial charge in [0.2, 0.25) is 0 Å². The van der Waals surface area contributed by atoms with E-state index in [1.54, 1.807) is 42.5 Å². The number of rotatable bonds is 5. The van der Waals surface area contributed by atoms with Gasteiger partial charge in [-0.15, -0.1) is 0 Å². The summed E-state index contributed by atoms with van der Waals surface area (Å²) in [6, 6.07) is 12.1. The fourth-order valence-electron chi connectivity index (χ4n) is 3.13. The number of sulfonamides is 1. The van der Waals surface area contributed by atoms with E-state index in [2.05, 4.69) is 21.4 Å². The zero-order valence-corrected chi connectivity index (χ0v) is 16.6. The molecule has 1 fully saturated rings. The summed E-state index contributed by atoms with van der Waals surface area (Å²) >= 11 is 6.44. The van der Waals surface area contributed by atoms with Crippen molar-refractivity contribution in [1.29, 1.82) is 0 Å². The fraction of sp³-hybridized carbons (Fsp3) is 0.368. The number of hydrogen-bond acceptors (Lipinski definition) is 4. The molecule has 1 aliphatic heterocycles. The Balaban J connectivity index is 1.89. The van der Waals surface area contributed by atoms with Gasteiger partial charge in [-0.05, 0) is 37.7 Å². The summed E-state index contributed by atoms with van der Waals surface area (Å²) in [7, 11) is -3.67. The van der Waals surface area contributed by atoms with Crippen molar-refractivity contribution in [3.05, 3.63) is 53.1 Å². The third-order valence-corrected chi connectivity index (χ3v) is 6.38. The Morgan fingerprint density at radius 1 is 1.04 bits per heavy atom. The van der Waals surface area contributed by atoms with Crippen LogP contribution in [-0.4, -0.2) is 46.0 Å². The molecule has 1 heterocycles. The summed E-state index contributed by atoms with van der Waals surface area (Å²) in [5.41, 5.74) is 2.28. The number of halogens is 1. The van der Waals surface area contributed by atoms with Gasteiger partial charge in [0.15, 0.2) is 0 Å². The van der Waals surface area contributed by atoms with Crippen LogP contribution in [0.15, 0.2) is 47.4 Å². The van der Waals surface area contributed by atoms with Crippen molar-refractivity contribution in [3.8, 4) is 0 Å². The first-order valence-electron chi connectivity index (χ1n) is 8.76. The van der Waals surface area contributed by atoms with Crippen LogP contribution in [0.3, 0.4) is 0 Å². The molecule has 1 aliphatic rings. The van der Waals surface area contributed by atoms with Gasteiger partial charge in [0.1, 0.15) is 0 Å². The van der Waals surface area contributed by atoms with Crippen molar-refractivity contribution < 1.29 is 8.42 Å². The second-order valence-corrected chi connectivity index (χ2v) is 8.57. The van der Waals surface area contributed by atoms with Gasteiger partial charge in [-0.1, -0.05) is 42.3 Å². The van der Waals surface area contributed by atoms with E-state index in [4.69, 9.17) is 11.6 Å². The maximum Gasteiger partial charge on any atom is 0.261 e. The van der Waals surface area contributed by atoms with Crippen LogP contribution in [0, 0.1) is 6.92 Å². The summed E-state index contributed by atoms with van der Waals surface area (Å²) in [6.07, 6.45) is 0. The minimum absolute atomic E-state index is 0.241. The number of para-hydroxylation sites is 1. The third-order valence-electron chi connectivity index (χ3n) is 4.70. The number of piperazine rings is 1. The second kappa shape index (κ2) is 7.86. The molecule has 0 aromatic heterocycles. The monoisotopic (exact) mass is 393 g/mol. The molecule has 140 valence electrons. The van der Waals surface area contributed by atoms with Crippen molar-refractivity contribution >= 4 is 33.0 Å². The molecule has 0 bridgehead atoms. The number of nitrogens with one attached hydrogen (secondary N) is 1. The molecule has 2 aromatic carbocycles. The van der Waals surface area contributed by atoms with Crippen LogP contribution in [0.1, 0.15) is 12.5 Å². The third kappa shape index (κ3) is 4.14. The largest absolute Gasteiger partial charge is 0.366 e.